The predicted octanol–water partition coefficient (Wildman–Crippen LogP) is 3.37. The van der Waals surface area contributed by atoms with Crippen LogP contribution in [0, 0.1) is 13.8 Å². The number of nitrogens with two attached hydrogens (primary N) is 1. The number of esters is 1. The zero-order valence-electron chi connectivity index (χ0n) is 17.0. The summed E-state index contributed by atoms with van der Waals surface area (Å²) in [5, 5.41) is 2.03. The Balaban J connectivity index is 1.30. The number of piperidine rings is 1. The molecule has 158 valence electrons. The SMILES string of the molecule is Cc1sc2ncnc(SCCC(=O)OC3CCCN(c4ccnc(N)n4)C3)c2c1C. The number of fused-ring (bicyclic) bond motifs is 1. The van der Waals surface area contributed by atoms with Crippen molar-refractivity contribution < 1.29 is 9.53 Å². The maximum atomic E-state index is 12.4. The number of nitrogen functional groups attached to an aromatic ring is 1. The fraction of sp³-hybridized carbons (Fsp3) is 0.450. The van der Waals surface area contributed by atoms with Gasteiger partial charge in [0.25, 0.3) is 0 Å². The number of aromatic nitrogens is 4. The molecule has 0 amide bonds. The number of ether oxygens (including phenoxy) is 1. The first kappa shape index (κ1) is 20.8. The van der Waals surface area contributed by atoms with E-state index in [-0.39, 0.29) is 18.0 Å². The number of thioether (sulfide) groups is 1. The lowest BCUT2D eigenvalue weighted by Gasteiger charge is -2.33. The molecule has 1 saturated heterocycles. The predicted molar refractivity (Wildman–Crippen MR) is 120 cm³/mol. The molecule has 0 saturated carbocycles. The summed E-state index contributed by atoms with van der Waals surface area (Å²) in [5.41, 5.74) is 6.90. The van der Waals surface area contributed by atoms with Crippen molar-refractivity contribution in [3.63, 3.8) is 0 Å². The van der Waals surface area contributed by atoms with Crippen molar-refractivity contribution in [2.75, 3.05) is 29.5 Å². The molecule has 3 aromatic heterocycles. The quantitative estimate of drug-likeness (QED) is 0.348. The van der Waals surface area contributed by atoms with Crippen LogP contribution in [-0.2, 0) is 9.53 Å². The maximum absolute atomic E-state index is 12.4. The first-order valence-corrected chi connectivity index (χ1v) is 11.7. The van der Waals surface area contributed by atoms with Crippen LogP contribution in [0.5, 0.6) is 0 Å². The van der Waals surface area contributed by atoms with Crippen molar-refractivity contribution in [3.05, 3.63) is 29.0 Å². The number of thiophene rings is 1. The van der Waals surface area contributed by atoms with Crippen LogP contribution in [-0.4, -0.2) is 50.9 Å². The molecule has 0 radical (unpaired) electrons. The van der Waals surface area contributed by atoms with Gasteiger partial charge in [0.1, 0.15) is 28.1 Å². The lowest BCUT2D eigenvalue weighted by molar-refractivity contribution is -0.148. The van der Waals surface area contributed by atoms with Crippen LogP contribution < -0.4 is 10.6 Å². The molecule has 1 aliphatic heterocycles. The van der Waals surface area contributed by atoms with E-state index < -0.39 is 0 Å². The molecule has 1 unspecified atom stereocenters. The van der Waals surface area contributed by atoms with E-state index in [1.54, 1.807) is 35.6 Å². The molecule has 1 fully saturated rings. The second-order valence-electron chi connectivity index (χ2n) is 7.21. The summed E-state index contributed by atoms with van der Waals surface area (Å²) >= 11 is 3.26. The number of hydrogen-bond donors (Lipinski definition) is 1. The highest BCUT2D eigenvalue weighted by molar-refractivity contribution is 7.99. The minimum atomic E-state index is -0.180. The number of carbonyl (C=O) groups is 1. The van der Waals surface area contributed by atoms with Crippen LogP contribution in [0.4, 0.5) is 11.8 Å². The minimum absolute atomic E-state index is 0.139. The van der Waals surface area contributed by atoms with Gasteiger partial charge >= 0.3 is 5.97 Å². The Hall–Kier alpha value is -2.46. The summed E-state index contributed by atoms with van der Waals surface area (Å²) in [6.45, 7) is 5.67. The second-order valence-corrected chi connectivity index (χ2v) is 9.50. The van der Waals surface area contributed by atoms with Crippen LogP contribution in [0.15, 0.2) is 23.6 Å². The highest BCUT2D eigenvalue weighted by Crippen LogP contribution is 2.34. The smallest absolute Gasteiger partial charge is 0.306 e. The molecule has 10 heteroatoms. The normalized spacial score (nSPS) is 16.7. The van der Waals surface area contributed by atoms with Crippen LogP contribution in [0.2, 0.25) is 0 Å². The Kier molecular flexibility index (Phi) is 6.33. The van der Waals surface area contributed by atoms with Crippen molar-refractivity contribution in [1.82, 2.24) is 19.9 Å². The van der Waals surface area contributed by atoms with Crippen molar-refractivity contribution in [3.8, 4) is 0 Å². The largest absolute Gasteiger partial charge is 0.460 e. The molecule has 8 nitrogen and oxygen atoms in total. The summed E-state index contributed by atoms with van der Waals surface area (Å²) in [5.74, 6) is 1.46. The lowest BCUT2D eigenvalue weighted by atomic mass is 10.1. The van der Waals surface area contributed by atoms with Gasteiger partial charge in [-0.2, -0.15) is 4.98 Å². The molecule has 0 spiro atoms. The summed E-state index contributed by atoms with van der Waals surface area (Å²) in [4.78, 5) is 33.7. The van der Waals surface area contributed by atoms with E-state index in [1.807, 2.05) is 6.07 Å². The third-order valence-corrected chi connectivity index (χ3v) is 7.24. The summed E-state index contributed by atoms with van der Waals surface area (Å²) in [6, 6.07) is 1.83. The van der Waals surface area contributed by atoms with Crippen LogP contribution in [0.3, 0.4) is 0 Å². The number of nitrogens with zero attached hydrogens (tertiary/aromatic N) is 5. The molecule has 4 heterocycles. The molecule has 4 rings (SSSR count). The van der Waals surface area contributed by atoms with Crippen molar-refractivity contribution in [2.45, 2.75) is 44.2 Å². The highest BCUT2D eigenvalue weighted by atomic mass is 32.2. The van der Waals surface area contributed by atoms with Crippen LogP contribution >= 0.6 is 23.1 Å². The lowest BCUT2D eigenvalue weighted by Crippen LogP contribution is -2.41. The first-order valence-electron chi connectivity index (χ1n) is 9.87. The fourth-order valence-corrected chi connectivity index (χ4v) is 5.56. The van der Waals surface area contributed by atoms with Gasteiger partial charge in [-0.05, 0) is 38.3 Å². The third kappa shape index (κ3) is 4.65. The van der Waals surface area contributed by atoms with Crippen molar-refractivity contribution >= 4 is 51.1 Å². The first-order chi connectivity index (χ1) is 14.5. The number of rotatable bonds is 6. The minimum Gasteiger partial charge on any atom is -0.460 e. The topological polar surface area (TPSA) is 107 Å². The van der Waals surface area contributed by atoms with Gasteiger partial charge in [-0.3, -0.25) is 4.79 Å². The molecule has 0 aromatic carbocycles. The summed E-state index contributed by atoms with van der Waals surface area (Å²) < 4.78 is 5.73. The molecular formula is C20H24N6O2S2. The number of hydrogen-bond acceptors (Lipinski definition) is 10. The Morgan fingerprint density at radius 1 is 1.37 bits per heavy atom. The van der Waals surface area contributed by atoms with Gasteiger partial charge in [0.05, 0.1) is 13.0 Å². The van der Waals surface area contributed by atoms with Gasteiger partial charge in [0.2, 0.25) is 5.95 Å². The second kappa shape index (κ2) is 9.13. The van der Waals surface area contributed by atoms with E-state index in [4.69, 9.17) is 10.5 Å². The van der Waals surface area contributed by atoms with E-state index in [0.29, 0.717) is 18.7 Å². The molecule has 0 bridgehead atoms. The fourth-order valence-electron chi connectivity index (χ4n) is 3.52. The van der Waals surface area contributed by atoms with Gasteiger partial charge in [0, 0.05) is 28.8 Å². The van der Waals surface area contributed by atoms with Crippen LogP contribution in [0.1, 0.15) is 29.7 Å². The summed E-state index contributed by atoms with van der Waals surface area (Å²) in [6.07, 6.45) is 5.23. The van der Waals surface area contributed by atoms with Crippen LogP contribution in [0.25, 0.3) is 10.2 Å². The van der Waals surface area contributed by atoms with Crippen molar-refractivity contribution in [2.24, 2.45) is 0 Å². The Bertz CT molecular complexity index is 1060. The van der Waals surface area contributed by atoms with Crippen molar-refractivity contribution in [1.29, 1.82) is 0 Å². The molecule has 1 aliphatic rings. The van der Waals surface area contributed by atoms with Gasteiger partial charge in [-0.25, -0.2) is 15.0 Å². The van der Waals surface area contributed by atoms with Gasteiger partial charge in [-0.15, -0.1) is 23.1 Å². The zero-order valence-corrected chi connectivity index (χ0v) is 18.6. The molecule has 1 atom stereocenters. The third-order valence-electron chi connectivity index (χ3n) is 5.14. The van der Waals surface area contributed by atoms with E-state index >= 15 is 0 Å². The van der Waals surface area contributed by atoms with E-state index in [9.17, 15) is 4.79 Å². The molecule has 2 N–H and O–H groups in total. The Morgan fingerprint density at radius 3 is 3.07 bits per heavy atom. The Labute approximate surface area is 183 Å². The van der Waals surface area contributed by atoms with Gasteiger partial charge in [-0.1, -0.05) is 0 Å². The maximum Gasteiger partial charge on any atom is 0.306 e. The van der Waals surface area contributed by atoms with E-state index in [0.717, 1.165) is 40.4 Å². The van der Waals surface area contributed by atoms with Gasteiger partial charge in [0.15, 0.2) is 0 Å². The molecule has 30 heavy (non-hydrogen) atoms. The number of anilines is 2. The standard InChI is InChI=1S/C20H24N6O2S2/c1-12-13(2)30-19-17(12)18(23-11-24-19)29-9-6-16(27)28-14-4-3-8-26(10-14)15-5-7-22-20(21)25-15/h5,7,11,14H,3-4,6,8-10H2,1-2H3,(H2,21,22,25). The van der Waals surface area contributed by atoms with E-state index in [2.05, 4.69) is 38.7 Å². The average Bonchev–Trinajstić information content (AvgIpc) is 3.03. The number of aryl methyl sites for hydroxylation is 2. The molecular weight excluding hydrogens is 420 g/mol. The monoisotopic (exact) mass is 444 g/mol. The molecule has 3 aromatic rings. The Morgan fingerprint density at radius 2 is 2.23 bits per heavy atom. The number of carbonyl (C=O) groups excluding carboxylic acids is 1. The average molecular weight is 445 g/mol. The van der Waals surface area contributed by atoms with Gasteiger partial charge < -0.3 is 15.4 Å². The molecule has 0 aliphatic carbocycles. The summed E-state index contributed by atoms with van der Waals surface area (Å²) in [7, 11) is 0. The highest BCUT2D eigenvalue weighted by Gasteiger charge is 2.24. The zero-order chi connectivity index (χ0) is 21.1. The van der Waals surface area contributed by atoms with E-state index in [1.165, 1.54) is 10.4 Å².